The first-order chi connectivity index (χ1) is 12.9. The van der Waals surface area contributed by atoms with Gasteiger partial charge in [0.1, 0.15) is 0 Å². The van der Waals surface area contributed by atoms with E-state index in [9.17, 15) is 0 Å². The van der Waals surface area contributed by atoms with E-state index in [1.807, 2.05) is 0 Å². The van der Waals surface area contributed by atoms with Gasteiger partial charge in [0.2, 0.25) is 0 Å². The summed E-state index contributed by atoms with van der Waals surface area (Å²) in [4.78, 5) is 0. The Labute approximate surface area is 169 Å². The van der Waals surface area contributed by atoms with Gasteiger partial charge in [-0.1, -0.05) is 0 Å². The Bertz CT molecular complexity index is 511. The fourth-order valence-electron chi connectivity index (χ4n) is 3.13. The maximum atomic E-state index is 2.30. The molecule has 0 spiro atoms. The summed E-state index contributed by atoms with van der Waals surface area (Å²) in [6.07, 6.45) is 12.6. The van der Waals surface area contributed by atoms with E-state index in [-0.39, 0.29) is 7.92 Å². The Morgan fingerprint density at radius 2 is 1.23 bits per heavy atom. The Kier molecular flexibility index (Phi) is 12.1. The van der Waals surface area contributed by atoms with Gasteiger partial charge in [0.05, 0.1) is 0 Å². The van der Waals surface area contributed by atoms with Crippen molar-refractivity contribution >= 4 is 22.9 Å². The molecule has 0 bridgehead atoms. The van der Waals surface area contributed by atoms with Crippen molar-refractivity contribution in [2.45, 2.75) is 56.1 Å². The molecule has 0 unspecified atom stereocenters. The van der Waals surface area contributed by atoms with Crippen molar-refractivity contribution in [1.29, 1.82) is 0 Å². The van der Waals surface area contributed by atoms with Crippen molar-refractivity contribution < 1.29 is 0 Å². The normalized spacial score (nSPS) is 11.2. The van der Waals surface area contributed by atoms with Crippen LogP contribution in [0.4, 0.5) is 0 Å². The molecule has 0 amide bonds. The number of unbranched alkanes of at least 4 members (excludes halogenated alkanes) is 3. The summed E-state index contributed by atoms with van der Waals surface area (Å²) in [6.45, 7) is 2.30. The number of aryl methyl sites for hydroxylation is 2. The third kappa shape index (κ3) is 9.91. The third-order valence-corrected chi connectivity index (χ3v) is 10.3. The third-order valence-electron chi connectivity index (χ3n) is 4.81. The van der Waals surface area contributed by atoms with E-state index < -0.39 is 0 Å². The average molecular weight is 433 g/mol. The predicted octanol–water partition coefficient (Wildman–Crippen LogP) is 7.07. The number of rotatable bonds is 14. The molecule has 0 nitrogen and oxygen atoms in total. The summed E-state index contributed by atoms with van der Waals surface area (Å²) in [5, 5.41) is 3.02. The van der Waals surface area contributed by atoms with Crippen molar-refractivity contribution in [3.05, 3.63) is 71.8 Å². The van der Waals surface area contributed by atoms with Gasteiger partial charge in [0, 0.05) is 0 Å². The Hall–Kier alpha value is -0.611. The van der Waals surface area contributed by atoms with E-state index in [1.165, 1.54) is 78.8 Å². The van der Waals surface area contributed by atoms with Gasteiger partial charge in [-0.2, -0.15) is 0 Å². The van der Waals surface area contributed by atoms with Crippen LogP contribution in [0, 0.1) is 0 Å². The summed E-state index contributed by atoms with van der Waals surface area (Å²) >= 11 is 0.883. The summed E-state index contributed by atoms with van der Waals surface area (Å²) in [6, 6.07) is 22.2. The number of hydrogen-bond acceptors (Lipinski definition) is 0. The first-order valence-corrected chi connectivity index (χ1v) is 14.6. The topological polar surface area (TPSA) is 0 Å². The molecule has 0 fully saturated rings. The Morgan fingerprint density at radius 1 is 0.654 bits per heavy atom. The second-order valence-electron chi connectivity index (χ2n) is 6.99. The Morgan fingerprint density at radius 3 is 1.77 bits per heavy atom. The quantitative estimate of drug-likeness (QED) is 0.170. The van der Waals surface area contributed by atoms with Gasteiger partial charge in [-0.3, -0.25) is 0 Å². The van der Waals surface area contributed by atoms with Gasteiger partial charge in [-0.05, 0) is 0 Å². The van der Waals surface area contributed by atoms with E-state index in [0.717, 1.165) is 15.0 Å². The van der Waals surface area contributed by atoms with Crippen molar-refractivity contribution in [2.75, 3.05) is 18.5 Å². The molecule has 142 valence electrons. The SMILES string of the molecule is CCCCCC[Se]CCP(CCc1ccccc1)CCc1ccccc1. The standard InChI is InChI=1S/C24H35PSe/c1-2-3-4-11-21-26-22-20-25(18-16-23-12-7-5-8-13-23)19-17-24-14-9-6-10-15-24/h5-10,12-15H,2-4,11,16-22H2,1H3. The molecule has 2 heteroatoms. The minimum atomic E-state index is 0.180. The van der Waals surface area contributed by atoms with Gasteiger partial charge in [-0.15, -0.1) is 0 Å². The van der Waals surface area contributed by atoms with Gasteiger partial charge in [-0.25, -0.2) is 0 Å². The van der Waals surface area contributed by atoms with Gasteiger partial charge < -0.3 is 0 Å². The van der Waals surface area contributed by atoms with Crippen molar-refractivity contribution in [3.63, 3.8) is 0 Å². The van der Waals surface area contributed by atoms with E-state index in [1.54, 1.807) is 0 Å². The van der Waals surface area contributed by atoms with Crippen molar-refractivity contribution in [2.24, 2.45) is 0 Å². The number of hydrogen-bond donors (Lipinski definition) is 0. The van der Waals surface area contributed by atoms with E-state index in [4.69, 9.17) is 0 Å². The first kappa shape index (κ1) is 21.7. The first-order valence-electron chi connectivity index (χ1n) is 10.3. The molecule has 0 N–H and O–H groups in total. The molecule has 2 aromatic carbocycles. The van der Waals surface area contributed by atoms with E-state index in [0.29, 0.717) is 0 Å². The van der Waals surface area contributed by atoms with Crippen LogP contribution in [0.15, 0.2) is 60.7 Å². The summed E-state index contributed by atoms with van der Waals surface area (Å²) in [5.74, 6) is 0. The zero-order valence-electron chi connectivity index (χ0n) is 16.4. The fraction of sp³-hybridized carbons (Fsp3) is 0.500. The molecule has 0 aliphatic rings. The van der Waals surface area contributed by atoms with Crippen LogP contribution in [-0.2, 0) is 12.8 Å². The van der Waals surface area contributed by atoms with Gasteiger partial charge >= 0.3 is 169 Å². The molecule has 0 atom stereocenters. The van der Waals surface area contributed by atoms with Crippen LogP contribution in [-0.4, -0.2) is 33.4 Å². The second kappa shape index (κ2) is 14.4. The Balaban J connectivity index is 1.72. The molecule has 26 heavy (non-hydrogen) atoms. The minimum absolute atomic E-state index is 0.180. The van der Waals surface area contributed by atoms with Gasteiger partial charge in [0.25, 0.3) is 0 Å². The summed E-state index contributed by atoms with van der Waals surface area (Å²) in [5.41, 5.74) is 3.04. The van der Waals surface area contributed by atoms with Crippen LogP contribution >= 0.6 is 7.92 Å². The van der Waals surface area contributed by atoms with Crippen LogP contribution in [0.25, 0.3) is 0 Å². The van der Waals surface area contributed by atoms with Crippen molar-refractivity contribution in [3.8, 4) is 0 Å². The van der Waals surface area contributed by atoms with E-state index >= 15 is 0 Å². The van der Waals surface area contributed by atoms with Crippen molar-refractivity contribution in [1.82, 2.24) is 0 Å². The summed E-state index contributed by atoms with van der Waals surface area (Å²) in [7, 11) is 0.180. The zero-order valence-corrected chi connectivity index (χ0v) is 19.0. The zero-order chi connectivity index (χ0) is 18.3. The molecule has 0 heterocycles. The molecule has 0 saturated heterocycles. The van der Waals surface area contributed by atoms with Crippen LogP contribution in [0.5, 0.6) is 0 Å². The van der Waals surface area contributed by atoms with Crippen LogP contribution in [0.3, 0.4) is 0 Å². The molecule has 0 aromatic heterocycles. The van der Waals surface area contributed by atoms with Crippen LogP contribution < -0.4 is 0 Å². The second-order valence-corrected chi connectivity index (χ2v) is 12.2. The van der Waals surface area contributed by atoms with Crippen LogP contribution in [0.2, 0.25) is 10.6 Å². The fourth-order valence-corrected chi connectivity index (χ4v) is 9.06. The molecule has 2 aromatic rings. The molecule has 0 radical (unpaired) electrons. The monoisotopic (exact) mass is 434 g/mol. The molecule has 2 rings (SSSR count). The molecule has 0 aliphatic heterocycles. The molecular weight excluding hydrogens is 398 g/mol. The van der Waals surface area contributed by atoms with E-state index in [2.05, 4.69) is 67.6 Å². The molecular formula is C24H35PSe. The predicted molar refractivity (Wildman–Crippen MR) is 121 cm³/mol. The maximum absolute atomic E-state index is 2.30. The van der Waals surface area contributed by atoms with Gasteiger partial charge in [0.15, 0.2) is 0 Å². The average Bonchev–Trinajstić information content (AvgIpc) is 2.70. The molecule has 0 aliphatic carbocycles. The van der Waals surface area contributed by atoms with Crippen LogP contribution in [0.1, 0.15) is 43.7 Å². The molecule has 0 saturated carbocycles. The number of benzene rings is 2. The summed E-state index contributed by atoms with van der Waals surface area (Å²) < 4.78 is 0.